The summed E-state index contributed by atoms with van der Waals surface area (Å²) in [7, 11) is 1.27. The van der Waals surface area contributed by atoms with Gasteiger partial charge in [-0.25, -0.2) is 9.59 Å². The van der Waals surface area contributed by atoms with Gasteiger partial charge in [-0.1, -0.05) is 66.7 Å². The van der Waals surface area contributed by atoms with Crippen LogP contribution in [0.15, 0.2) is 78.9 Å². The van der Waals surface area contributed by atoms with Gasteiger partial charge in [0.15, 0.2) is 0 Å². The minimum absolute atomic E-state index is 0.0894. The first kappa shape index (κ1) is 20.8. The van der Waals surface area contributed by atoms with E-state index in [1.54, 1.807) is 42.5 Å². The van der Waals surface area contributed by atoms with Crippen LogP contribution in [-0.4, -0.2) is 36.1 Å². The Hall–Kier alpha value is -3.93. The second-order valence-electron chi connectivity index (χ2n) is 6.64. The van der Waals surface area contributed by atoms with Crippen molar-refractivity contribution in [1.82, 2.24) is 5.32 Å². The minimum Gasteiger partial charge on any atom is -0.478 e. The highest BCUT2D eigenvalue weighted by Gasteiger charge is 2.24. The maximum atomic E-state index is 13.1. The van der Waals surface area contributed by atoms with Gasteiger partial charge < -0.3 is 15.2 Å². The lowest BCUT2D eigenvalue weighted by Crippen LogP contribution is -2.43. The Balaban J connectivity index is 1.93. The monoisotopic (exact) mass is 403 g/mol. The second kappa shape index (κ2) is 9.52. The number of rotatable bonds is 7. The molecule has 3 rings (SSSR count). The average molecular weight is 403 g/mol. The van der Waals surface area contributed by atoms with Gasteiger partial charge >= 0.3 is 11.9 Å². The number of esters is 1. The lowest BCUT2D eigenvalue weighted by molar-refractivity contribution is -0.142. The highest BCUT2D eigenvalue weighted by Crippen LogP contribution is 2.27. The summed E-state index contributed by atoms with van der Waals surface area (Å²) >= 11 is 0. The Labute approximate surface area is 174 Å². The van der Waals surface area contributed by atoms with Gasteiger partial charge in [-0.15, -0.1) is 0 Å². The largest absolute Gasteiger partial charge is 0.478 e. The molecular weight excluding hydrogens is 382 g/mol. The Morgan fingerprint density at radius 1 is 0.833 bits per heavy atom. The van der Waals surface area contributed by atoms with Crippen molar-refractivity contribution in [3.63, 3.8) is 0 Å². The molecule has 3 aromatic rings. The SMILES string of the molecule is COC(=O)[C@H](Cc1ccccc1)NC(=O)c1ccccc1-c1ccccc1C(=O)O. The molecule has 30 heavy (non-hydrogen) atoms. The van der Waals surface area contributed by atoms with Crippen LogP contribution in [0.2, 0.25) is 0 Å². The molecule has 0 fully saturated rings. The number of aromatic carboxylic acids is 1. The molecule has 1 atom stereocenters. The Kier molecular flexibility index (Phi) is 6.60. The molecule has 0 radical (unpaired) electrons. The van der Waals surface area contributed by atoms with Crippen molar-refractivity contribution < 1.29 is 24.2 Å². The van der Waals surface area contributed by atoms with Crippen LogP contribution < -0.4 is 5.32 Å². The van der Waals surface area contributed by atoms with Crippen LogP contribution in [0.4, 0.5) is 0 Å². The second-order valence-corrected chi connectivity index (χ2v) is 6.64. The molecule has 0 saturated heterocycles. The summed E-state index contributed by atoms with van der Waals surface area (Å²) < 4.78 is 4.86. The van der Waals surface area contributed by atoms with Gasteiger partial charge in [-0.3, -0.25) is 4.79 Å². The predicted molar refractivity (Wildman–Crippen MR) is 112 cm³/mol. The standard InChI is InChI=1S/C24H21NO5/c1-30-24(29)21(15-16-9-3-2-4-10-16)25-22(26)19-13-7-5-11-17(19)18-12-6-8-14-20(18)23(27)28/h2-14,21H,15H2,1H3,(H,25,26)(H,27,28)/t21-/m0/s1. The van der Waals surface area contributed by atoms with E-state index in [0.29, 0.717) is 11.1 Å². The number of carbonyl (C=O) groups is 3. The number of nitrogens with one attached hydrogen (secondary N) is 1. The Morgan fingerprint density at radius 2 is 1.37 bits per heavy atom. The van der Waals surface area contributed by atoms with E-state index in [-0.39, 0.29) is 17.5 Å². The average Bonchev–Trinajstić information content (AvgIpc) is 2.78. The van der Waals surface area contributed by atoms with Crippen LogP contribution in [0.25, 0.3) is 11.1 Å². The summed E-state index contributed by atoms with van der Waals surface area (Å²) in [6.45, 7) is 0. The third kappa shape index (κ3) is 4.72. The molecule has 1 amide bonds. The number of methoxy groups -OCH3 is 1. The number of carboxylic acid groups (broad SMARTS) is 1. The molecule has 6 heteroatoms. The van der Waals surface area contributed by atoms with Crippen LogP contribution in [0, 0.1) is 0 Å². The fourth-order valence-corrected chi connectivity index (χ4v) is 3.24. The van der Waals surface area contributed by atoms with Crippen molar-refractivity contribution in [1.29, 1.82) is 0 Å². The van der Waals surface area contributed by atoms with Crippen molar-refractivity contribution >= 4 is 17.8 Å². The van der Waals surface area contributed by atoms with Crippen molar-refractivity contribution in [3.05, 3.63) is 95.6 Å². The first-order valence-corrected chi connectivity index (χ1v) is 9.35. The highest BCUT2D eigenvalue weighted by molar-refractivity contribution is 6.05. The maximum absolute atomic E-state index is 13.1. The zero-order valence-corrected chi connectivity index (χ0v) is 16.4. The van der Waals surface area contributed by atoms with Crippen LogP contribution in [0.5, 0.6) is 0 Å². The molecule has 0 unspecified atom stereocenters. The van der Waals surface area contributed by atoms with Crippen molar-refractivity contribution in [2.75, 3.05) is 7.11 Å². The number of amides is 1. The molecule has 0 aliphatic rings. The lowest BCUT2D eigenvalue weighted by Gasteiger charge is -2.18. The first-order valence-electron chi connectivity index (χ1n) is 9.35. The molecule has 0 bridgehead atoms. The molecule has 3 aromatic carbocycles. The number of ether oxygens (including phenoxy) is 1. The fourth-order valence-electron chi connectivity index (χ4n) is 3.24. The van der Waals surface area contributed by atoms with Crippen LogP contribution in [0.3, 0.4) is 0 Å². The highest BCUT2D eigenvalue weighted by atomic mass is 16.5. The normalized spacial score (nSPS) is 11.4. The lowest BCUT2D eigenvalue weighted by atomic mass is 9.94. The van der Waals surface area contributed by atoms with E-state index in [4.69, 9.17) is 4.74 Å². The minimum atomic E-state index is -1.09. The molecule has 2 N–H and O–H groups in total. The van der Waals surface area contributed by atoms with Crippen molar-refractivity contribution in [3.8, 4) is 11.1 Å². The molecule has 0 spiro atoms. The number of hydrogen-bond acceptors (Lipinski definition) is 4. The summed E-state index contributed by atoms with van der Waals surface area (Å²) in [5, 5.41) is 12.2. The van der Waals surface area contributed by atoms with E-state index in [1.807, 2.05) is 30.3 Å². The van der Waals surface area contributed by atoms with Crippen LogP contribution in [-0.2, 0) is 16.0 Å². The van der Waals surface area contributed by atoms with E-state index in [1.165, 1.54) is 13.2 Å². The molecule has 6 nitrogen and oxygen atoms in total. The van der Waals surface area contributed by atoms with Gasteiger partial charge in [-0.2, -0.15) is 0 Å². The smallest absolute Gasteiger partial charge is 0.336 e. The molecule has 0 aliphatic heterocycles. The topological polar surface area (TPSA) is 92.7 Å². The molecule has 152 valence electrons. The van der Waals surface area contributed by atoms with Crippen molar-refractivity contribution in [2.24, 2.45) is 0 Å². The van der Waals surface area contributed by atoms with E-state index in [2.05, 4.69) is 5.32 Å². The summed E-state index contributed by atoms with van der Waals surface area (Å²) in [5.41, 5.74) is 2.13. The number of benzene rings is 3. The number of carboxylic acids is 1. The molecule has 0 aliphatic carbocycles. The van der Waals surface area contributed by atoms with Gasteiger partial charge in [0.25, 0.3) is 5.91 Å². The van der Waals surface area contributed by atoms with Gasteiger partial charge in [-0.05, 0) is 28.8 Å². The van der Waals surface area contributed by atoms with E-state index < -0.39 is 23.9 Å². The van der Waals surface area contributed by atoms with E-state index >= 15 is 0 Å². The Bertz CT molecular complexity index is 1060. The summed E-state index contributed by atoms with van der Waals surface area (Å²) in [6, 6.07) is 21.6. The van der Waals surface area contributed by atoms with Crippen molar-refractivity contribution in [2.45, 2.75) is 12.5 Å². The zero-order valence-electron chi connectivity index (χ0n) is 16.4. The molecule has 0 aromatic heterocycles. The van der Waals surface area contributed by atoms with Gasteiger partial charge in [0.1, 0.15) is 6.04 Å². The molecule has 0 heterocycles. The number of carbonyl (C=O) groups excluding carboxylic acids is 2. The zero-order chi connectivity index (χ0) is 21.5. The summed E-state index contributed by atoms with van der Waals surface area (Å²) in [6.07, 6.45) is 0.271. The maximum Gasteiger partial charge on any atom is 0.336 e. The van der Waals surface area contributed by atoms with Gasteiger partial charge in [0.05, 0.1) is 12.7 Å². The van der Waals surface area contributed by atoms with Gasteiger partial charge in [0, 0.05) is 12.0 Å². The summed E-state index contributed by atoms with van der Waals surface area (Å²) in [4.78, 5) is 37.0. The molecular formula is C24H21NO5. The first-order chi connectivity index (χ1) is 14.5. The third-order valence-corrected chi connectivity index (χ3v) is 4.69. The number of hydrogen-bond donors (Lipinski definition) is 2. The summed E-state index contributed by atoms with van der Waals surface area (Å²) in [5.74, 6) is -2.13. The van der Waals surface area contributed by atoms with E-state index in [9.17, 15) is 19.5 Å². The Morgan fingerprint density at radius 3 is 1.97 bits per heavy atom. The van der Waals surface area contributed by atoms with E-state index in [0.717, 1.165) is 5.56 Å². The third-order valence-electron chi connectivity index (χ3n) is 4.69. The quantitative estimate of drug-likeness (QED) is 0.589. The van der Waals surface area contributed by atoms with Crippen LogP contribution >= 0.6 is 0 Å². The van der Waals surface area contributed by atoms with Gasteiger partial charge in [0.2, 0.25) is 0 Å². The molecule has 0 saturated carbocycles. The van der Waals surface area contributed by atoms with Crippen LogP contribution in [0.1, 0.15) is 26.3 Å². The fraction of sp³-hybridized carbons (Fsp3) is 0.125. The predicted octanol–water partition coefficient (Wildman–Crippen LogP) is 3.57.